The van der Waals surface area contributed by atoms with Crippen LogP contribution < -0.4 is 14.8 Å². The average molecular weight is 265 g/mol. The maximum atomic E-state index is 12.1. The first-order valence-electron chi connectivity index (χ1n) is 5.09. The molecular weight excluding hydrogens is 251 g/mol. The summed E-state index contributed by atoms with van der Waals surface area (Å²) in [6.45, 7) is -0.626. The van der Waals surface area contributed by atoms with Gasteiger partial charge in [-0.3, -0.25) is 0 Å². The summed E-state index contributed by atoms with van der Waals surface area (Å²) in [4.78, 5) is 0. The second kappa shape index (κ2) is 5.81. The Morgan fingerprint density at radius 2 is 1.83 bits per heavy atom. The Labute approximate surface area is 102 Å². The molecule has 0 saturated carbocycles. The fraction of sp³-hybridized carbons (Fsp3) is 0.455. The minimum Gasteiger partial charge on any atom is -0.493 e. The highest BCUT2D eigenvalue weighted by atomic mass is 19.4. The molecule has 1 unspecified atom stereocenters. The molecule has 1 aromatic rings. The molecule has 2 N–H and O–H groups in total. The van der Waals surface area contributed by atoms with Crippen LogP contribution in [-0.2, 0) is 0 Å². The monoisotopic (exact) mass is 265 g/mol. The topological polar surface area (TPSA) is 50.7 Å². The number of aliphatic hydroxyl groups is 1. The number of nitrogens with one attached hydrogen (secondary N) is 1. The molecule has 1 atom stereocenters. The van der Waals surface area contributed by atoms with Crippen molar-refractivity contribution in [2.45, 2.75) is 12.3 Å². The number of halogens is 3. The van der Waals surface area contributed by atoms with E-state index in [1.165, 1.54) is 26.4 Å². The van der Waals surface area contributed by atoms with Gasteiger partial charge in [0.1, 0.15) is 0 Å². The second-order valence-corrected chi connectivity index (χ2v) is 3.51. The minimum absolute atomic E-state index is 0.393. The number of hydrogen-bond acceptors (Lipinski definition) is 4. The zero-order chi connectivity index (χ0) is 13.8. The predicted octanol–water partition coefficient (Wildman–Crippen LogP) is 2.04. The van der Waals surface area contributed by atoms with E-state index in [0.29, 0.717) is 17.2 Å². The Balaban J connectivity index is 2.69. The van der Waals surface area contributed by atoms with Crippen molar-refractivity contribution in [2.24, 2.45) is 0 Å². The van der Waals surface area contributed by atoms with Crippen LogP contribution in [0.2, 0.25) is 0 Å². The van der Waals surface area contributed by atoms with Crippen molar-refractivity contribution in [2.75, 3.05) is 26.1 Å². The molecule has 4 nitrogen and oxygen atoms in total. The van der Waals surface area contributed by atoms with Gasteiger partial charge in [-0.05, 0) is 12.1 Å². The van der Waals surface area contributed by atoms with Crippen molar-refractivity contribution in [3.63, 3.8) is 0 Å². The molecule has 102 valence electrons. The molecule has 0 bridgehead atoms. The van der Waals surface area contributed by atoms with Crippen LogP contribution in [0.4, 0.5) is 18.9 Å². The van der Waals surface area contributed by atoms with E-state index in [1.807, 2.05) is 0 Å². The van der Waals surface area contributed by atoms with Gasteiger partial charge in [0.05, 0.1) is 14.2 Å². The molecule has 0 aromatic heterocycles. The standard InChI is InChI=1S/C11H14F3NO3/c1-17-8-4-3-7(5-9(8)18-2)15-6-10(16)11(12,13)14/h3-5,10,15-16H,6H2,1-2H3. The quantitative estimate of drug-likeness (QED) is 0.855. The molecule has 1 rings (SSSR count). The maximum absolute atomic E-state index is 12.1. The molecule has 0 aliphatic rings. The molecule has 1 aromatic carbocycles. The molecule has 7 heteroatoms. The number of ether oxygens (including phenoxy) is 2. The summed E-state index contributed by atoms with van der Waals surface area (Å²) in [7, 11) is 2.88. The first kappa shape index (κ1) is 14.4. The Morgan fingerprint density at radius 1 is 1.22 bits per heavy atom. The fourth-order valence-corrected chi connectivity index (χ4v) is 1.28. The Morgan fingerprint density at radius 3 is 2.33 bits per heavy atom. The highest BCUT2D eigenvalue weighted by molar-refractivity contribution is 5.54. The molecule has 0 spiro atoms. The van der Waals surface area contributed by atoms with Gasteiger partial charge < -0.3 is 19.9 Å². The molecule has 0 amide bonds. The van der Waals surface area contributed by atoms with E-state index in [0.717, 1.165) is 0 Å². The van der Waals surface area contributed by atoms with E-state index in [1.54, 1.807) is 6.07 Å². The molecule has 0 fully saturated rings. The number of anilines is 1. The van der Waals surface area contributed by atoms with Gasteiger partial charge in [0, 0.05) is 18.3 Å². The largest absolute Gasteiger partial charge is 0.493 e. The summed E-state index contributed by atoms with van der Waals surface area (Å²) in [5, 5.41) is 11.3. The lowest BCUT2D eigenvalue weighted by Crippen LogP contribution is -2.34. The van der Waals surface area contributed by atoms with Gasteiger partial charge in [-0.15, -0.1) is 0 Å². The van der Waals surface area contributed by atoms with Gasteiger partial charge in [-0.25, -0.2) is 0 Å². The summed E-state index contributed by atoms with van der Waals surface area (Å²) in [5.74, 6) is 0.864. The van der Waals surface area contributed by atoms with Crippen LogP contribution in [0.3, 0.4) is 0 Å². The van der Waals surface area contributed by atoms with E-state index in [-0.39, 0.29) is 0 Å². The second-order valence-electron chi connectivity index (χ2n) is 3.51. The highest BCUT2D eigenvalue weighted by Crippen LogP contribution is 2.30. The number of aliphatic hydroxyl groups excluding tert-OH is 1. The first-order valence-corrected chi connectivity index (χ1v) is 5.09. The predicted molar refractivity (Wildman–Crippen MR) is 60.1 cm³/mol. The molecule has 18 heavy (non-hydrogen) atoms. The summed E-state index contributed by atoms with van der Waals surface area (Å²) in [5.41, 5.74) is 0.399. The van der Waals surface area contributed by atoms with Crippen LogP contribution in [0.25, 0.3) is 0 Å². The van der Waals surface area contributed by atoms with Crippen molar-refractivity contribution >= 4 is 5.69 Å². The third-order valence-corrected chi connectivity index (χ3v) is 2.26. The zero-order valence-corrected chi connectivity index (χ0v) is 9.91. The van der Waals surface area contributed by atoms with E-state index in [4.69, 9.17) is 14.6 Å². The molecule has 0 radical (unpaired) electrons. The van der Waals surface area contributed by atoms with E-state index < -0.39 is 18.8 Å². The van der Waals surface area contributed by atoms with Gasteiger partial charge >= 0.3 is 6.18 Å². The minimum atomic E-state index is -4.64. The molecule has 0 aliphatic heterocycles. The maximum Gasteiger partial charge on any atom is 0.416 e. The van der Waals surface area contributed by atoms with Crippen LogP contribution in [0.1, 0.15) is 0 Å². The average Bonchev–Trinajstić information content (AvgIpc) is 2.34. The van der Waals surface area contributed by atoms with Crippen molar-refractivity contribution in [3.05, 3.63) is 18.2 Å². The lowest BCUT2D eigenvalue weighted by molar-refractivity contribution is -0.198. The lowest BCUT2D eigenvalue weighted by atomic mass is 10.2. The van der Waals surface area contributed by atoms with E-state index in [2.05, 4.69) is 5.32 Å². The normalized spacial score (nSPS) is 13.0. The van der Waals surface area contributed by atoms with Crippen LogP contribution in [0.5, 0.6) is 11.5 Å². The molecule has 0 aliphatic carbocycles. The zero-order valence-electron chi connectivity index (χ0n) is 9.91. The number of benzene rings is 1. The smallest absolute Gasteiger partial charge is 0.416 e. The van der Waals surface area contributed by atoms with Crippen molar-refractivity contribution in [1.82, 2.24) is 0 Å². The van der Waals surface area contributed by atoms with Gasteiger partial charge in [0.2, 0.25) is 0 Å². The van der Waals surface area contributed by atoms with Crippen LogP contribution in [-0.4, -0.2) is 38.2 Å². The number of methoxy groups -OCH3 is 2. The van der Waals surface area contributed by atoms with Crippen molar-refractivity contribution in [3.8, 4) is 11.5 Å². The van der Waals surface area contributed by atoms with Gasteiger partial charge in [-0.2, -0.15) is 13.2 Å². The SMILES string of the molecule is COc1ccc(NCC(O)C(F)(F)F)cc1OC. The first-order chi connectivity index (χ1) is 8.38. The fourth-order valence-electron chi connectivity index (χ4n) is 1.28. The lowest BCUT2D eigenvalue weighted by Gasteiger charge is -2.16. The number of hydrogen-bond donors (Lipinski definition) is 2. The van der Waals surface area contributed by atoms with Gasteiger partial charge in [0.25, 0.3) is 0 Å². The molecule has 0 heterocycles. The highest BCUT2D eigenvalue weighted by Gasteiger charge is 2.37. The molecular formula is C11H14F3NO3. The Hall–Kier alpha value is -1.63. The van der Waals surface area contributed by atoms with Crippen molar-refractivity contribution < 1.29 is 27.8 Å². The number of alkyl halides is 3. The molecule has 0 saturated heterocycles. The van der Waals surface area contributed by atoms with Gasteiger partial charge in [0.15, 0.2) is 17.6 Å². The Bertz CT molecular complexity index is 396. The third kappa shape index (κ3) is 3.69. The van der Waals surface area contributed by atoms with E-state index >= 15 is 0 Å². The van der Waals surface area contributed by atoms with Crippen LogP contribution >= 0.6 is 0 Å². The van der Waals surface area contributed by atoms with Crippen molar-refractivity contribution in [1.29, 1.82) is 0 Å². The summed E-state index contributed by atoms with van der Waals surface area (Å²) in [6, 6.07) is 4.58. The third-order valence-electron chi connectivity index (χ3n) is 2.26. The van der Waals surface area contributed by atoms with Crippen LogP contribution in [0.15, 0.2) is 18.2 Å². The van der Waals surface area contributed by atoms with E-state index in [9.17, 15) is 13.2 Å². The summed E-state index contributed by atoms with van der Waals surface area (Å²) < 4.78 is 46.2. The summed E-state index contributed by atoms with van der Waals surface area (Å²) in [6.07, 6.45) is -7.05. The Kier molecular flexibility index (Phi) is 4.66. The van der Waals surface area contributed by atoms with Gasteiger partial charge in [-0.1, -0.05) is 0 Å². The summed E-state index contributed by atoms with van der Waals surface area (Å²) >= 11 is 0. The van der Waals surface area contributed by atoms with Crippen LogP contribution in [0, 0.1) is 0 Å². The number of rotatable bonds is 5.